The largest absolute Gasteiger partial charge is 0.496 e. The number of methoxy groups -OCH3 is 2. The van der Waals surface area contributed by atoms with E-state index in [4.69, 9.17) is 9.47 Å². The zero-order valence-electron chi connectivity index (χ0n) is 14.3. The Morgan fingerprint density at radius 1 is 0.880 bits per heavy atom. The summed E-state index contributed by atoms with van der Waals surface area (Å²) in [6.45, 7) is 0. The summed E-state index contributed by atoms with van der Waals surface area (Å²) < 4.78 is 10.9. The smallest absolute Gasteiger partial charge is 0.123 e. The van der Waals surface area contributed by atoms with Crippen LogP contribution in [0.2, 0.25) is 0 Å². The van der Waals surface area contributed by atoms with E-state index in [0.29, 0.717) is 30.1 Å². The first-order valence-corrected chi connectivity index (χ1v) is 8.12. The van der Waals surface area contributed by atoms with Crippen LogP contribution in [0.4, 0.5) is 0 Å². The number of nitrogens with zero attached hydrogens (tertiary/aromatic N) is 2. The van der Waals surface area contributed by atoms with Gasteiger partial charge in [-0.1, -0.05) is 41.6 Å². The topological polar surface area (TPSA) is 74.5 Å². The zero-order chi connectivity index (χ0) is 17.8. The zero-order valence-corrected chi connectivity index (χ0v) is 14.3. The lowest BCUT2D eigenvalue weighted by Crippen LogP contribution is -2.38. The van der Waals surface area contributed by atoms with E-state index in [2.05, 4.69) is 5.16 Å². The number of hydroxylamine groups is 2. The van der Waals surface area contributed by atoms with Gasteiger partial charge in [-0.2, -0.15) is 5.06 Å². The van der Waals surface area contributed by atoms with Crippen molar-refractivity contribution in [2.75, 3.05) is 14.2 Å². The standard InChI is InChI=1S/C19H22N2O4/c1-24-18-9-5-3-7-14(18)16-11-13(20-22)12-17(21(16)23)15-8-4-6-10-19(15)25-2/h3-10,16-17,22-23H,11-12H2,1-2H3/t16-,17-/m1/s1. The van der Waals surface area contributed by atoms with Gasteiger partial charge < -0.3 is 19.9 Å². The lowest BCUT2D eigenvalue weighted by atomic mass is 9.87. The van der Waals surface area contributed by atoms with Gasteiger partial charge in [0.2, 0.25) is 0 Å². The van der Waals surface area contributed by atoms with Crippen molar-refractivity contribution >= 4 is 5.71 Å². The normalized spacial score (nSPS) is 21.0. The monoisotopic (exact) mass is 342 g/mol. The summed E-state index contributed by atoms with van der Waals surface area (Å²) in [5.41, 5.74) is 2.30. The highest BCUT2D eigenvalue weighted by Gasteiger charge is 2.37. The van der Waals surface area contributed by atoms with Crippen LogP contribution in [0.1, 0.15) is 36.1 Å². The Morgan fingerprint density at radius 3 is 1.72 bits per heavy atom. The molecule has 1 saturated heterocycles. The van der Waals surface area contributed by atoms with Gasteiger partial charge in [-0.05, 0) is 12.1 Å². The summed E-state index contributed by atoms with van der Waals surface area (Å²) in [6.07, 6.45) is 0.831. The minimum absolute atomic E-state index is 0.384. The molecule has 1 fully saturated rings. The number of piperidine rings is 1. The molecule has 0 aliphatic carbocycles. The number of oxime groups is 1. The predicted molar refractivity (Wildman–Crippen MR) is 93.6 cm³/mol. The van der Waals surface area contributed by atoms with Gasteiger partial charge in [0.1, 0.15) is 11.5 Å². The highest BCUT2D eigenvalue weighted by molar-refractivity contribution is 5.86. The van der Waals surface area contributed by atoms with Crippen LogP contribution < -0.4 is 9.47 Å². The molecule has 2 atom stereocenters. The maximum atomic E-state index is 11.0. The Balaban J connectivity index is 2.03. The van der Waals surface area contributed by atoms with Crippen LogP contribution in [0.5, 0.6) is 11.5 Å². The molecule has 6 heteroatoms. The van der Waals surface area contributed by atoms with Crippen molar-refractivity contribution in [1.82, 2.24) is 5.06 Å². The molecule has 0 aromatic heterocycles. The number of para-hydroxylation sites is 2. The Morgan fingerprint density at radius 2 is 1.32 bits per heavy atom. The minimum Gasteiger partial charge on any atom is -0.496 e. The Labute approximate surface area is 146 Å². The second-order valence-corrected chi connectivity index (χ2v) is 5.97. The Kier molecular flexibility index (Phi) is 5.21. The first kappa shape index (κ1) is 17.3. The summed E-state index contributed by atoms with van der Waals surface area (Å²) in [7, 11) is 3.20. The molecule has 132 valence electrons. The summed E-state index contributed by atoms with van der Waals surface area (Å²) >= 11 is 0. The van der Waals surface area contributed by atoms with Crippen LogP contribution in [0, 0.1) is 0 Å². The van der Waals surface area contributed by atoms with E-state index in [1.807, 2.05) is 48.5 Å². The fourth-order valence-electron chi connectivity index (χ4n) is 3.40. The van der Waals surface area contributed by atoms with E-state index in [9.17, 15) is 10.4 Å². The molecule has 0 spiro atoms. The Hall–Kier alpha value is -2.57. The maximum absolute atomic E-state index is 11.0. The first-order valence-electron chi connectivity index (χ1n) is 8.12. The second-order valence-electron chi connectivity index (χ2n) is 5.97. The summed E-state index contributed by atoms with van der Waals surface area (Å²) in [4.78, 5) is 0. The van der Waals surface area contributed by atoms with Gasteiger partial charge in [-0.25, -0.2) is 0 Å². The van der Waals surface area contributed by atoms with Crippen LogP contribution in [-0.4, -0.2) is 35.4 Å². The fourth-order valence-corrected chi connectivity index (χ4v) is 3.40. The lowest BCUT2D eigenvalue weighted by molar-refractivity contribution is -0.168. The van der Waals surface area contributed by atoms with Crippen LogP contribution in [-0.2, 0) is 0 Å². The van der Waals surface area contributed by atoms with E-state index >= 15 is 0 Å². The van der Waals surface area contributed by atoms with Crippen LogP contribution in [0.25, 0.3) is 0 Å². The predicted octanol–water partition coefficient (Wildman–Crippen LogP) is 3.80. The SMILES string of the molecule is COc1ccccc1[C@H]1CC(=NO)C[C@H](c2ccccc2OC)N1O. The van der Waals surface area contributed by atoms with Crippen molar-refractivity contribution < 1.29 is 19.9 Å². The molecule has 2 aromatic rings. The molecule has 6 nitrogen and oxygen atoms in total. The first-order chi connectivity index (χ1) is 12.2. The second kappa shape index (κ2) is 7.55. The third-order valence-corrected chi connectivity index (χ3v) is 4.63. The molecule has 0 saturated carbocycles. The highest BCUT2D eigenvalue weighted by Crippen LogP contribution is 2.43. The van der Waals surface area contributed by atoms with Crippen molar-refractivity contribution in [2.45, 2.75) is 24.9 Å². The van der Waals surface area contributed by atoms with Crippen molar-refractivity contribution in [3.05, 3.63) is 59.7 Å². The third-order valence-electron chi connectivity index (χ3n) is 4.63. The number of benzene rings is 2. The molecule has 1 heterocycles. The van der Waals surface area contributed by atoms with Crippen LogP contribution >= 0.6 is 0 Å². The van der Waals surface area contributed by atoms with E-state index in [0.717, 1.165) is 11.1 Å². The highest BCUT2D eigenvalue weighted by atomic mass is 16.5. The van der Waals surface area contributed by atoms with Crippen molar-refractivity contribution in [2.24, 2.45) is 5.16 Å². The number of hydrogen-bond donors (Lipinski definition) is 2. The van der Waals surface area contributed by atoms with Crippen LogP contribution in [0.3, 0.4) is 0 Å². The molecule has 0 amide bonds. The van der Waals surface area contributed by atoms with Crippen LogP contribution in [0.15, 0.2) is 53.7 Å². The fraction of sp³-hybridized carbons (Fsp3) is 0.316. The molecule has 3 rings (SSSR count). The van der Waals surface area contributed by atoms with Gasteiger partial charge in [0.25, 0.3) is 0 Å². The van der Waals surface area contributed by atoms with Crippen molar-refractivity contribution in [3.8, 4) is 11.5 Å². The number of hydrogen-bond acceptors (Lipinski definition) is 6. The maximum Gasteiger partial charge on any atom is 0.123 e. The minimum atomic E-state index is -0.384. The molecule has 1 aliphatic heterocycles. The summed E-state index contributed by atoms with van der Waals surface area (Å²) in [5.74, 6) is 1.37. The van der Waals surface area contributed by atoms with E-state index in [1.54, 1.807) is 14.2 Å². The van der Waals surface area contributed by atoms with Gasteiger partial charge in [0.05, 0.1) is 32.0 Å². The van der Waals surface area contributed by atoms with E-state index in [1.165, 1.54) is 5.06 Å². The lowest BCUT2D eigenvalue weighted by Gasteiger charge is -2.39. The van der Waals surface area contributed by atoms with Gasteiger partial charge in [-0.3, -0.25) is 0 Å². The molecule has 25 heavy (non-hydrogen) atoms. The van der Waals surface area contributed by atoms with Crippen molar-refractivity contribution in [3.63, 3.8) is 0 Å². The average molecular weight is 342 g/mol. The Bertz CT molecular complexity index is 703. The van der Waals surface area contributed by atoms with Crippen molar-refractivity contribution in [1.29, 1.82) is 0 Å². The quantitative estimate of drug-likeness (QED) is 0.653. The van der Waals surface area contributed by atoms with Gasteiger partial charge in [0, 0.05) is 24.0 Å². The average Bonchev–Trinajstić information content (AvgIpc) is 2.68. The van der Waals surface area contributed by atoms with E-state index in [-0.39, 0.29) is 12.1 Å². The molecule has 2 aromatic carbocycles. The number of ether oxygens (including phenoxy) is 2. The third kappa shape index (κ3) is 3.31. The van der Waals surface area contributed by atoms with E-state index < -0.39 is 0 Å². The van der Waals surface area contributed by atoms with Gasteiger partial charge in [0.15, 0.2) is 0 Å². The molecule has 2 N–H and O–H groups in total. The number of rotatable bonds is 4. The molecule has 0 radical (unpaired) electrons. The van der Waals surface area contributed by atoms with Gasteiger partial charge in [-0.15, -0.1) is 0 Å². The molecular formula is C19H22N2O4. The molecular weight excluding hydrogens is 320 g/mol. The molecule has 1 aliphatic rings. The summed E-state index contributed by atoms with van der Waals surface area (Å²) in [6, 6.07) is 14.3. The van der Waals surface area contributed by atoms with Gasteiger partial charge >= 0.3 is 0 Å². The molecule has 0 unspecified atom stereocenters. The molecule has 0 bridgehead atoms. The summed E-state index contributed by atoms with van der Waals surface area (Å²) in [5, 5.41) is 25.1.